The van der Waals surface area contributed by atoms with Gasteiger partial charge in [0, 0.05) is 43.8 Å². The number of carbonyl (C=O) groups excluding carboxylic acids is 1. The van der Waals surface area contributed by atoms with Crippen molar-refractivity contribution in [2.24, 2.45) is 0 Å². The summed E-state index contributed by atoms with van der Waals surface area (Å²) in [5.41, 5.74) is 1.57. The predicted octanol–water partition coefficient (Wildman–Crippen LogP) is 2.89. The monoisotopic (exact) mass is 354 g/mol. The molecule has 0 aliphatic carbocycles. The van der Waals surface area contributed by atoms with Crippen LogP contribution in [0.4, 0.5) is 5.82 Å². The Hall–Kier alpha value is -2.58. The number of aromatic nitrogens is 1. The first kappa shape index (κ1) is 17.2. The normalized spacial score (nSPS) is 14.2. The van der Waals surface area contributed by atoms with Crippen LogP contribution in [0.2, 0.25) is 5.02 Å². The Labute approximate surface area is 152 Å². The van der Waals surface area contributed by atoms with Crippen LogP contribution in [0.5, 0.6) is 0 Å². The molecule has 25 heavy (non-hydrogen) atoms. The zero-order valence-corrected chi connectivity index (χ0v) is 14.6. The van der Waals surface area contributed by atoms with Crippen molar-refractivity contribution in [3.8, 4) is 6.07 Å². The summed E-state index contributed by atoms with van der Waals surface area (Å²) in [4.78, 5) is 20.7. The minimum absolute atomic E-state index is 0.140. The lowest BCUT2D eigenvalue weighted by Gasteiger charge is -2.35. The molecule has 3 rings (SSSR count). The Morgan fingerprint density at radius 3 is 2.64 bits per heavy atom. The number of nitriles is 1. The van der Waals surface area contributed by atoms with Crippen molar-refractivity contribution in [2.75, 3.05) is 31.1 Å². The van der Waals surface area contributed by atoms with Crippen LogP contribution in [0.3, 0.4) is 0 Å². The number of hydrogen-bond acceptors (Lipinski definition) is 4. The lowest BCUT2D eigenvalue weighted by molar-refractivity contribution is -0.131. The molecule has 1 aliphatic rings. The fourth-order valence-electron chi connectivity index (χ4n) is 3.00. The molecule has 0 radical (unpaired) electrons. The van der Waals surface area contributed by atoms with E-state index in [9.17, 15) is 10.1 Å². The van der Waals surface area contributed by atoms with Crippen molar-refractivity contribution in [3.05, 3.63) is 58.7 Å². The average molecular weight is 355 g/mol. The summed E-state index contributed by atoms with van der Waals surface area (Å²) in [5.74, 6) is 0.842. The molecule has 0 saturated carbocycles. The molecule has 2 heterocycles. The van der Waals surface area contributed by atoms with Gasteiger partial charge < -0.3 is 9.80 Å². The van der Waals surface area contributed by atoms with Crippen LogP contribution in [0.1, 0.15) is 17.5 Å². The highest BCUT2D eigenvalue weighted by Gasteiger charge is 2.23. The number of piperazine rings is 1. The molecule has 1 amide bonds. The number of aryl methyl sites for hydroxylation is 1. The lowest BCUT2D eigenvalue weighted by Crippen LogP contribution is -2.49. The SMILES string of the molecule is N#Cc1cccnc1N1CCN(C(=O)CCc2ccccc2Cl)CC1. The zero-order valence-electron chi connectivity index (χ0n) is 13.9. The summed E-state index contributed by atoms with van der Waals surface area (Å²) in [5, 5.41) is 9.91. The maximum absolute atomic E-state index is 12.4. The number of benzene rings is 1. The number of rotatable bonds is 4. The fraction of sp³-hybridized carbons (Fsp3) is 0.316. The molecular weight excluding hydrogens is 336 g/mol. The summed E-state index contributed by atoms with van der Waals surface area (Å²) in [6.45, 7) is 2.65. The molecule has 1 aromatic heterocycles. The van der Waals surface area contributed by atoms with Gasteiger partial charge in [-0.1, -0.05) is 29.8 Å². The molecule has 6 heteroatoms. The first-order valence-corrected chi connectivity index (χ1v) is 8.68. The Bertz CT molecular complexity index is 794. The van der Waals surface area contributed by atoms with Crippen molar-refractivity contribution >= 4 is 23.3 Å². The summed E-state index contributed by atoms with van der Waals surface area (Å²) in [6.07, 6.45) is 2.80. The van der Waals surface area contributed by atoms with E-state index in [1.165, 1.54) is 0 Å². The van der Waals surface area contributed by atoms with Crippen LogP contribution in [-0.4, -0.2) is 42.0 Å². The quantitative estimate of drug-likeness (QED) is 0.847. The van der Waals surface area contributed by atoms with E-state index in [0.717, 1.165) is 5.56 Å². The molecule has 0 spiro atoms. The maximum Gasteiger partial charge on any atom is 0.223 e. The Balaban J connectivity index is 1.54. The van der Waals surface area contributed by atoms with Gasteiger partial charge in [-0.3, -0.25) is 4.79 Å². The number of anilines is 1. The van der Waals surface area contributed by atoms with Crippen molar-refractivity contribution in [1.29, 1.82) is 5.26 Å². The van der Waals surface area contributed by atoms with E-state index >= 15 is 0 Å². The van der Waals surface area contributed by atoms with Gasteiger partial charge in [-0.15, -0.1) is 0 Å². The van der Waals surface area contributed by atoms with Crippen molar-refractivity contribution in [2.45, 2.75) is 12.8 Å². The molecule has 1 saturated heterocycles. The van der Waals surface area contributed by atoms with Crippen LogP contribution in [-0.2, 0) is 11.2 Å². The second-order valence-corrected chi connectivity index (χ2v) is 6.35. The predicted molar refractivity (Wildman–Crippen MR) is 97.5 cm³/mol. The summed E-state index contributed by atoms with van der Waals surface area (Å²) < 4.78 is 0. The van der Waals surface area contributed by atoms with E-state index in [2.05, 4.69) is 16.0 Å². The van der Waals surface area contributed by atoms with Gasteiger partial charge >= 0.3 is 0 Å². The molecule has 0 unspecified atom stereocenters. The Kier molecular flexibility index (Phi) is 5.52. The van der Waals surface area contributed by atoms with E-state index in [4.69, 9.17) is 11.6 Å². The van der Waals surface area contributed by atoms with E-state index in [0.29, 0.717) is 55.4 Å². The maximum atomic E-state index is 12.4. The number of hydrogen-bond donors (Lipinski definition) is 0. The smallest absolute Gasteiger partial charge is 0.223 e. The van der Waals surface area contributed by atoms with E-state index in [1.54, 1.807) is 18.3 Å². The standard InChI is InChI=1S/C19H19ClN4O/c20-17-6-2-1-4-15(17)7-8-18(25)23-10-12-24(13-11-23)19-16(14-21)5-3-9-22-19/h1-6,9H,7-8,10-13H2. The summed E-state index contributed by atoms with van der Waals surface area (Å²) in [6, 6.07) is 13.3. The summed E-state index contributed by atoms with van der Waals surface area (Å²) >= 11 is 6.14. The summed E-state index contributed by atoms with van der Waals surface area (Å²) in [7, 11) is 0. The minimum atomic E-state index is 0.140. The molecule has 2 aromatic rings. The minimum Gasteiger partial charge on any atom is -0.352 e. The molecule has 0 bridgehead atoms. The van der Waals surface area contributed by atoms with Gasteiger partial charge in [0.2, 0.25) is 5.91 Å². The first-order valence-electron chi connectivity index (χ1n) is 8.30. The second kappa shape index (κ2) is 8.00. The molecule has 1 aliphatic heterocycles. The Morgan fingerprint density at radius 1 is 1.16 bits per heavy atom. The zero-order chi connectivity index (χ0) is 17.6. The molecule has 0 atom stereocenters. The van der Waals surface area contributed by atoms with Gasteiger partial charge in [-0.05, 0) is 30.2 Å². The third-order valence-electron chi connectivity index (χ3n) is 4.41. The van der Waals surface area contributed by atoms with Gasteiger partial charge in [0.05, 0.1) is 5.56 Å². The van der Waals surface area contributed by atoms with Crippen LogP contribution in [0, 0.1) is 11.3 Å². The van der Waals surface area contributed by atoms with Gasteiger partial charge in [0.25, 0.3) is 0 Å². The average Bonchev–Trinajstić information content (AvgIpc) is 2.67. The Morgan fingerprint density at radius 2 is 1.92 bits per heavy atom. The van der Waals surface area contributed by atoms with Crippen LogP contribution in [0.15, 0.2) is 42.6 Å². The number of pyridine rings is 1. The van der Waals surface area contributed by atoms with Crippen LogP contribution < -0.4 is 4.90 Å². The van der Waals surface area contributed by atoms with Crippen molar-refractivity contribution < 1.29 is 4.79 Å². The van der Waals surface area contributed by atoms with Gasteiger partial charge in [-0.2, -0.15) is 5.26 Å². The lowest BCUT2D eigenvalue weighted by atomic mass is 10.1. The largest absolute Gasteiger partial charge is 0.352 e. The highest BCUT2D eigenvalue weighted by molar-refractivity contribution is 6.31. The molecule has 1 fully saturated rings. The van der Waals surface area contributed by atoms with E-state index < -0.39 is 0 Å². The topological polar surface area (TPSA) is 60.2 Å². The molecule has 128 valence electrons. The first-order chi connectivity index (χ1) is 12.2. The van der Waals surface area contributed by atoms with Gasteiger partial charge in [-0.25, -0.2) is 4.98 Å². The molecule has 0 N–H and O–H groups in total. The van der Waals surface area contributed by atoms with Crippen LogP contribution in [0.25, 0.3) is 0 Å². The van der Waals surface area contributed by atoms with Crippen molar-refractivity contribution in [3.63, 3.8) is 0 Å². The van der Waals surface area contributed by atoms with Gasteiger partial charge in [0.15, 0.2) is 0 Å². The van der Waals surface area contributed by atoms with E-state index in [1.807, 2.05) is 29.2 Å². The highest BCUT2D eigenvalue weighted by atomic mass is 35.5. The van der Waals surface area contributed by atoms with E-state index in [-0.39, 0.29) is 5.91 Å². The number of carbonyl (C=O) groups is 1. The van der Waals surface area contributed by atoms with Crippen LogP contribution >= 0.6 is 11.6 Å². The third-order valence-corrected chi connectivity index (χ3v) is 4.77. The highest BCUT2D eigenvalue weighted by Crippen LogP contribution is 2.20. The number of halogens is 1. The van der Waals surface area contributed by atoms with Crippen molar-refractivity contribution in [1.82, 2.24) is 9.88 Å². The molecular formula is C19H19ClN4O. The third kappa shape index (κ3) is 4.09. The number of nitrogens with zero attached hydrogens (tertiary/aromatic N) is 4. The second-order valence-electron chi connectivity index (χ2n) is 5.95. The number of amides is 1. The molecule has 5 nitrogen and oxygen atoms in total. The molecule has 1 aromatic carbocycles. The fourth-order valence-corrected chi connectivity index (χ4v) is 3.23. The van der Waals surface area contributed by atoms with Gasteiger partial charge in [0.1, 0.15) is 11.9 Å².